The molecule has 15 heavy (non-hydrogen) atoms. The van der Waals surface area contributed by atoms with E-state index in [0.717, 1.165) is 13.1 Å². The van der Waals surface area contributed by atoms with Crippen LogP contribution in [0.5, 0.6) is 0 Å². The molecule has 0 saturated heterocycles. The van der Waals surface area contributed by atoms with Crippen molar-refractivity contribution in [2.24, 2.45) is 11.5 Å². The molecule has 4 N–H and O–H groups in total. The molecule has 0 fully saturated rings. The molecule has 0 aromatic heterocycles. The molecule has 0 aliphatic rings. The van der Waals surface area contributed by atoms with Crippen LogP contribution in [0.2, 0.25) is 0 Å². The minimum Gasteiger partial charge on any atom is -0.330 e. The van der Waals surface area contributed by atoms with Crippen molar-refractivity contribution in [1.29, 1.82) is 0 Å². The normalized spacial score (nSPS) is 10.0. The van der Waals surface area contributed by atoms with Gasteiger partial charge in [-0.3, -0.25) is 0 Å². The Morgan fingerprint density at radius 1 is 0.400 bits per heavy atom. The standard InChI is InChI=1S/C12H28N2.BrH/c13-11-9-7-5-3-1-2-4-6-8-10-12-14;/h1-14H2;1H. The summed E-state index contributed by atoms with van der Waals surface area (Å²) in [6.45, 7) is 1.72. The lowest BCUT2D eigenvalue weighted by atomic mass is 10.1. The number of nitrogens with two attached hydrogens (primary N) is 2. The fraction of sp³-hybridized carbons (Fsp3) is 1.00. The van der Waals surface area contributed by atoms with Crippen molar-refractivity contribution in [2.75, 3.05) is 13.1 Å². The highest BCUT2D eigenvalue weighted by Gasteiger charge is 1.91. The van der Waals surface area contributed by atoms with Crippen LogP contribution in [0, 0.1) is 0 Å². The second kappa shape index (κ2) is 16.8. The molecule has 3 heteroatoms. The Morgan fingerprint density at radius 3 is 0.800 bits per heavy atom. The highest BCUT2D eigenvalue weighted by molar-refractivity contribution is 8.93. The van der Waals surface area contributed by atoms with Gasteiger partial charge >= 0.3 is 0 Å². The van der Waals surface area contributed by atoms with Gasteiger partial charge in [0.2, 0.25) is 0 Å². The third-order valence-electron chi connectivity index (χ3n) is 2.66. The fourth-order valence-corrected chi connectivity index (χ4v) is 1.70. The molecule has 0 bridgehead atoms. The molecule has 0 unspecified atom stereocenters. The van der Waals surface area contributed by atoms with Crippen molar-refractivity contribution >= 4 is 17.0 Å². The van der Waals surface area contributed by atoms with Gasteiger partial charge in [0, 0.05) is 0 Å². The van der Waals surface area contributed by atoms with E-state index in [4.69, 9.17) is 11.5 Å². The first-order chi connectivity index (χ1) is 6.91. The second-order valence-electron chi connectivity index (χ2n) is 4.11. The number of unbranched alkanes of at least 4 members (excludes halogenated alkanes) is 9. The lowest BCUT2D eigenvalue weighted by Gasteiger charge is -2.01. The monoisotopic (exact) mass is 280 g/mol. The molecule has 0 aliphatic heterocycles. The van der Waals surface area contributed by atoms with Crippen molar-refractivity contribution in [3.8, 4) is 0 Å². The Hall–Kier alpha value is 0.400. The third-order valence-corrected chi connectivity index (χ3v) is 2.66. The molecular formula is C12H29BrN2. The number of halogens is 1. The Bertz CT molecular complexity index is 87.6. The van der Waals surface area contributed by atoms with Crippen molar-refractivity contribution in [3.63, 3.8) is 0 Å². The summed E-state index contributed by atoms with van der Waals surface area (Å²) < 4.78 is 0. The van der Waals surface area contributed by atoms with Crippen LogP contribution in [0.1, 0.15) is 64.2 Å². The smallest absolute Gasteiger partial charge is 0.00773 e. The van der Waals surface area contributed by atoms with E-state index in [1.165, 1.54) is 64.2 Å². The zero-order valence-electron chi connectivity index (χ0n) is 10.0. The minimum atomic E-state index is 0. The van der Waals surface area contributed by atoms with E-state index in [1.807, 2.05) is 0 Å². The second-order valence-corrected chi connectivity index (χ2v) is 4.11. The first kappa shape index (κ1) is 17.8. The van der Waals surface area contributed by atoms with Gasteiger partial charge in [0.15, 0.2) is 0 Å². The Labute approximate surface area is 106 Å². The summed E-state index contributed by atoms with van der Waals surface area (Å²) in [6, 6.07) is 0. The highest BCUT2D eigenvalue weighted by Crippen LogP contribution is 2.09. The fourth-order valence-electron chi connectivity index (χ4n) is 1.70. The van der Waals surface area contributed by atoms with Crippen LogP contribution in [-0.4, -0.2) is 13.1 Å². The summed E-state index contributed by atoms with van der Waals surface area (Å²) in [7, 11) is 0. The van der Waals surface area contributed by atoms with E-state index in [0.29, 0.717) is 0 Å². The van der Waals surface area contributed by atoms with Gasteiger partial charge < -0.3 is 11.5 Å². The largest absolute Gasteiger partial charge is 0.330 e. The van der Waals surface area contributed by atoms with E-state index in [2.05, 4.69) is 0 Å². The van der Waals surface area contributed by atoms with Crippen LogP contribution in [0.25, 0.3) is 0 Å². The van der Waals surface area contributed by atoms with Crippen molar-refractivity contribution in [1.82, 2.24) is 0 Å². The van der Waals surface area contributed by atoms with Crippen LogP contribution < -0.4 is 11.5 Å². The molecule has 0 spiro atoms. The van der Waals surface area contributed by atoms with Gasteiger partial charge in [-0.2, -0.15) is 0 Å². The summed E-state index contributed by atoms with van der Waals surface area (Å²) in [5.74, 6) is 0. The van der Waals surface area contributed by atoms with Crippen LogP contribution in [0.15, 0.2) is 0 Å². The molecule has 0 heterocycles. The van der Waals surface area contributed by atoms with Crippen molar-refractivity contribution in [3.05, 3.63) is 0 Å². The van der Waals surface area contributed by atoms with Crippen LogP contribution >= 0.6 is 17.0 Å². The molecule has 0 atom stereocenters. The van der Waals surface area contributed by atoms with E-state index in [9.17, 15) is 0 Å². The highest BCUT2D eigenvalue weighted by atomic mass is 79.9. The summed E-state index contributed by atoms with van der Waals surface area (Å²) in [6.07, 6.45) is 13.4. The van der Waals surface area contributed by atoms with Crippen molar-refractivity contribution < 1.29 is 0 Å². The van der Waals surface area contributed by atoms with E-state index in [1.54, 1.807) is 0 Å². The molecule has 0 aromatic rings. The Kier molecular flexibility index (Phi) is 19.9. The molecule has 0 amide bonds. The van der Waals surface area contributed by atoms with Crippen LogP contribution in [0.3, 0.4) is 0 Å². The molecule has 0 radical (unpaired) electrons. The maximum absolute atomic E-state index is 5.43. The van der Waals surface area contributed by atoms with Crippen LogP contribution in [-0.2, 0) is 0 Å². The van der Waals surface area contributed by atoms with E-state index >= 15 is 0 Å². The number of hydrogen-bond donors (Lipinski definition) is 2. The van der Waals surface area contributed by atoms with Crippen LogP contribution in [0.4, 0.5) is 0 Å². The minimum absolute atomic E-state index is 0. The molecule has 94 valence electrons. The maximum Gasteiger partial charge on any atom is -0.00773 e. The molecule has 2 nitrogen and oxygen atoms in total. The quantitative estimate of drug-likeness (QED) is 0.570. The Morgan fingerprint density at radius 2 is 0.600 bits per heavy atom. The lowest BCUT2D eigenvalue weighted by Crippen LogP contribution is -1.97. The molecule has 0 rings (SSSR count). The van der Waals surface area contributed by atoms with E-state index in [-0.39, 0.29) is 17.0 Å². The zero-order valence-corrected chi connectivity index (χ0v) is 11.8. The molecular weight excluding hydrogens is 252 g/mol. The van der Waals surface area contributed by atoms with E-state index < -0.39 is 0 Å². The average Bonchev–Trinajstić information content (AvgIpc) is 2.21. The zero-order chi connectivity index (χ0) is 10.5. The first-order valence-corrected chi connectivity index (χ1v) is 6.32. The average molecular weight is 281 g/mol. The molecule has 0 saturated carbocycles. The number of rotatable bonds is 11. The topological polar surface area (TPSA) is 52.0 Å². The third kappa shape index (κ3) is 17.0. The summed E-state index contributed by atoms with van der Waals surface area (Å²) in [4.78, 5) is 0. The number of hydrogen-bond acceptors (Lipinski definition) is 2. The first-order valence-electron chi connectivity index (χ1n) is 6.32. The van der Waals surface area contributed by atoms with Gasteiger partial charge in [0.1, 0.15) is 0 Å². The Balaban J connectivity index is 0. The SMILES string of the molecule is Br.NCCCCCCCCCCCCN. The molecule has 0 aromatic carbocycles. The van der Waals surface area contributed by atoms with Crippen molar-refractivity contribution in [2.45, 2.75) is 64.2 Å². The van der Waals surface area contributed by atoms with Gasteiger partial charge in [0.25, 0.3) is 0 Å². The summed E-state index contributed by atoms with van der Waals surface area (Å²) in [5, 5.41) is 0. The molecule has 0 aliphatic carbocycles. The lowest BCUT2D eigenvalue weighted by molar-refractivity contribution is 0.554. The predicted octanol–water partition coefficient (Wildman–Crippen LogP) is 3.38. The van der Waals surface area contributed by atoms with Gasteiger partial charge in [-0.05, 0) is 25.9 Å². The predicted molar refractivity (Wildman–Crippen MR) is 74.6 cm³/mol. The van der Waals surface area contributed by atoms with Gasteiger partial charge in [0.05, 0.1) is 0 Å². The van der Waals surface area contributed by atoms with Gasteiger partial charge in [-0.15, -0.1) is 17.0 Å². The van der Waals surface area contributed by atoms with Gasteiger partial charge in [-0.25, -0.2) is 0 Å². The summed E-state index contributed by atoms with van der Waals surface area (Å²) in [5.41, 5.74) is 10.9. The maximum atomic E-state index is 5.43. The summed E-state index contributed by atoms with van der Waals surface area (Å²) >= 11 is 0. The van der Waals surface area contributed by atoms with Gasteiger partial charge in [-0.1, -0.05) is 51.4 Å².